The van der Waals surface area contributed by atoms with E-state index in [0.717, 1.165) is 11.3 Å². The molecule has 1 fully saturated rings. The van der Waals surface area contributed by atoms with Crippen LogP contribution in [0.15, 0.2) is 30.4 Å². The Hall–Kier alpha value is -1.78. The van der Waals surface area contributed by atoms with Gasteiger partial charge in [0.15, 0.2) is 5.79 Å². The van der Waals surface area contributed by atoms with E-state index in [4.69, 9.17) is 30.2 Å². The predicted molar refractivity (Wildman–Crippen MR) is 140 cm³/mol. The Balaban J connectivity index is 1.97. The number of benzene rings is 1. The molecule has 0 bridgehead atoms. The summed E-state index contributed by atoms with van der Waals surface area (Å²) >= 11 is 6.41. The smallest absolute Gasteiger partial charge is 0.330 e. The minimum absolute atomic E-state index is 0.122. The van der Waals surface area contributed by atoms with Crippen LogP contribution < -0.4 is 4.43 Å². The number of rotatable bonds is 8. The molecule has 1 saturated heterocycles. The number of hydrogen-bond donors (Lipinski definition) is 0. The van der Waals surface area contributed by atoms with Crippen molar-refractivity contribution in [1.82, 2.24) is 0 Å². The molecule has 7 heteroatoms. The molecule has 1 aromatic carbocycles. The molecule has 5 nitrogen and oxygen atoms in total. The van der Waals surface area contributed by atoms with Crippen LogP contribution in [0.4, 0.5) is 0 Å². The highest BCUT2D eigenvalue weighted by atomic mass is 35.5. The van der Waals surface area contributed by atoms with Crippen LogP contribution in [0.2, 0.25) is 23.2 Å². The van der Waals surface area contributed by atoms with Crippen LogP contribution in [0.5, 0.6) is 5.75 Å². The molecule has 34 heavy (non-hydrogen) atoms. The first-order valence-corrected chi connectivity index (χ1v) is 15.2. The summed E-state index contributed by atoms with van der Waals surface area (Å²) in [6.45, 7) is 17.0. The summed E-state index contributed by atoms with van der Waals surface area (Å²) in [4.78, 5) is 11.6. The maximum atomic E-state index is 11.6. The van der Waals surface area contributed by atoms with E-state index < -0.39 is 14.1 Å². The fraction of sp³-hybridized carbons (Fsp3) is 0.593. The molecular formula is C27H39ClO5Si. The quantitative estimate of drug-likeness (QED) is 0.170. The molecule has 0 spiro atoms. The molecule has 0 aromatic heterocycles. The van der Waals surface area contributed by atoms with Crippen molar-refractivity contribution in [2.45, 2.75) is 96.9 Å². The van der Waals surface area contributed by atoms with Gasteiger partial charge in [0.2, 0.25) is 8.32 Å². The molecule has 0 radical (unpaired) electrons. The van der Waals surface area contributed by atoms with E-state index in [1.165, 1.54) is 6.08 Å². The van der Waals surface area contributed by atoms with E-state index in [1.807, 2.05) is 32.0 Å². The van der Waals surface area contributed by atoms with Crippen LogP contribution >= 0.6 is 11.6 Å². The molecule has 0 aliphatic carbocycles. The van der Waals surface area contributed by atoms with Crippen molar-refractivity contribution in [3.8, 4) is 17.6 Å². The van der Waals surface area contributed by atoms with E-state index in [0.29, 0.717) is 30.9 Å². The zero-order chi connectivity index (χ0) is 25.6. The molecular weight excluding hydrogens is 468 g/mol. The van der Waals surface area contributed by atoms with E-state index in [-0.39, 0.29) is 23.2 Å². The van der Waals surface area contributed by atoms with Crippen molar-refractivity contribution in [3.05, 3.63) is 40.9 Å². The van der Waals surface area contributed by atoms with Crippen molar-refractivity contribution in [3.63, 3.8) is 0 Å². The molecule has 188 valence electrons. The van der Waals surface area contributed by atoms with E-state index in [9.17, 15) is 4.79 Å². The van der Waals surface area contributed by atoms with E-state index in [1.54, 1.807) is 13.0 Å². The second kappa shape index (κ2) is 11.8. The number of carbonyl (C=O) groups is 1. The van der Waals surface area contributed by atoms with Crippen LogP contribution in [0.25, 0.3) is 0 Å². The maximum Gasteiger partial charge on any atom is 0.330 e. The third-order valence-electron chi connectivity index (χ3n) is 6.08. The maximum absolute atomic E-state index is 11.6. The van der Waals surface area contributed by atoms with Gasteiger partial charge in [-0.3, -0.25) is 0 Å². The van der Waals surface area contributed by atoms with Gasteiger partial charge in [-0.1, -0.05) is 38.3 Å². The van der Waals surface area contributed by atoms with Gasteiger partial charge in [-0.2, -0.15) is 0 Å². The predicted octanol–water partition coefficient (Wildman–Crippen LogP) is 6.69. The third kappa shape index (κ3) is 8.46. The fourth-order valence-electron chi connectivity index (χ4n) is 3.27. The lowest BCUT2D eigenvalue weighted by Crippen LogP contribution is -2.43. The molecule has 2 atom stereocenters. The Morgan fingerprint density at radius 2 is 1.94 bits per heavy atom. The normalized spacial score (nSPS) is 20.1. The van der Waals surface area contributed by atoms with Crippen molar-refractivity contribution in [2.75, 3.05) is 6.61 Å². The Morgan fingerprint density at radius 1 is 1.24 bits per heavy atom. The van der Waals surface area contributed by atoms with Crippen LogP contribution in [0, 0.1) is 11.8 Å². The number of hydrogen-bond acceptors (Lipinski definition) is 5. The van der Waals surface area contributed by atoms with Crippen LogP contribution in [0.3, 0.4) is 0 Å². The molecule has 1 aliphatic heterocycles. The average molecular weight is 507 g/mol. The lowest BCUT2D eigenvalue weighted by atomic mass is 10.1. The number of esters is 1. The molecule has 0 amide bonds. The number of carbonyl (C=O) groups excluding carboxylic acids is 1. The summed E-state index contributed by atoms with van der Waals surface area (Å²) in [6.07, 6.45) is 4.49. The van der Waals surface area contributed by atoms with Gasteiger partial charge < -0.3 is 18.6 Å². The zero-order valence-electron chi connectivity index (χ0n) is 21.8. The minimum Gasteiger partial charge on any atom is -0.543 e. The first kappa shape index (κ1) is 28.5. The van der Waals surface area contributed by atoms with Gasteiger partial charge in [-0.25, -0.2) is 4.79 Å². The number of halogens is 1. The lowest BCUT2D eigenvalue weighted by molar-refractivity contribution is -0.144. The monoisotopic (exact) mass is 506 g/mol. The van der Waals surface area contributed by atoms with Crippen LogP contribution in [-0.2, 0) is 25.4 Å². The zero-order valence-corrected chi connectivity index (χ0v) is 23.5. The second-order valence-corrected chi connectivity index (χ2v) is 15.6. The molecule has 0 N–H and O–H groups in total. The average Bonchev–Trinajstić information content (AvgIpc) is 3.01. The van der Waals surface area contributed by atoms with Crippen LogP contribution in [-0.4, -0.2) is 38.9 Å². The molecule has 2 rings (SSSR count). The van der Waals surface area contributed by atoms with Gasteiger partial charge in [0.1, 0.15) is 11.9 Å². The van der Waals surface area contributed by atoms with Crippen molar-refractivity contribution in [1.29, 1.82) is 0 Å². The van der Waals surface area contributed by atoms with Gasteiger partial charge in [0.25, 0.3) is 0 Å². The summed E-state index contributed by atoms with van der Waals surface area (Å²) in [5, 5.41) is 0.812. The van der Waals surface area contributed by atoms with Crippen molar-refractivity contribution in [2.24, 2.45) is 0 Å². The molecule has 0 unspecified atom stereocenters. The van der Waals surface area contributed by atoms with Gasteiger partial charge in [-0.05, 0) is 75.2 Å². The summed E-state index contributed by atoms with van der Waals surface area (Å²) in [5.41, 5.74) is 0.960. The third-order valence-corrected chi connectivity index (χ3v) is 10.8. The first-order valence-electron chi connectivity index (χ1n) is 11.9. The molecule has 1 heterocycles. The molecule has 1 aromatic rings. The minimum atomic E-state index is -1.92. The van der Waals surface area contributed by atoms with Gasteiger partial charge in [-0.15, -0.1) is 5.92 Å². The second-order valence-electron chi connectivity index (χ2n) is 10.4. The summed E-state index contributed by atoms with van der Waals surface area (Å²) in [6, 6.07) is 5.82. The Kier molecular flexibility index (Phi) is 9.85. The number of ether oxygens (including phenoxy) is 3. The Morgan fingerprint density at radius 3 is 2.59 bits per heavy atom. The Bertz CT molecular complexity index is 937. The standard InChI is InChI=1S/C27H39ClO5Si/c1-9-30-25(29)18-17-24-23(31-27(5,6)32-24)14-12-10-11-13-20-19-21(15-16-22(20)28)33-34(7,8)26(2,3)4/h15-19,23-24H,9,12-14H2,1-8H3/b18-17+/t23-,24-/m0/s1. The van der Waals surface area contributed by atoms with E-state index in [2.05, 4.69) is 45.7 Å². The van der Waals surface area contributed by atoms with Gasteiger partial charge in [0.05, 0.1) is 12.7 Å². The summed E-state index contributed by atoms with van der Waals surface area (Å²) < 4.78 is 23.3. The molecule has 1 aliphatic rings. The fourth-order valence-corrected chi connectivity index (χ4v) is 4.48. The highest BCUT2D eigenvalue weighted by Crippen LogP contribution is 2.38. The van der Waals surface area contributed by atoms with Crippen molar-refractivity contribution < 1.29 is 23.4 Å². The van der Waals surface area contributed by atoms with E-state index >= 15 is 0 Å². The van der Waals surface area contributed by atoms with Gasteiger partial charge in [0, 0.05) is 23.9 Å². The topological polar surface area (TPSA) is 54.0 Å². The van der Waals surface area contributed by atoms with Crippen LogP contribution in [0.1, 0.15) is 59.9 Å². The van der Waals surface area contributed by atoms with Gasteiger partial charge >= 0.3 is 5.97 Å². The molecule has 0 saturated carbocycles. The SMILES string of the molecule is CCOC(=O)/C=C/[C@@H]1OC(C)(C)O[C@H]1CCC#CCc1cc(O[Si](C)(C)C(C)(C)C)ccc1Cl. The highest BCUT2D eigenvalue weighted by molar-refractivity contribution is 6.74. The highest BCUT2D eigenvalue weighted by Gasteiger charge is 2.40. The lowest BCUT2D eigenvalue weighted by Gasteiger charge is -2.36. The summed E-state index contributed by atoms with van der Waals surface area (Å²) in [5.74, 6) is 6.20. The Labute approximate surface area is 211 Å². The van der Waals surface area contributed by atoms with Crippen molar-refractivity contribution >= 4 is 25.9 Å². The summed E-state index contributed by atoms with van der Waals surface area (Å²) in [7, 11) is -1.92. The largest absolute Gasteiger partial charge is 0.543 e. The first-order chi connectivity index (χ1) is 15.7.